The van der Waals surface area contributed by atoms with E-state index in [-0.39, 0.29) is 23.7 Å². The lowest BCUT2D eigenvalue weighted by molar-refractivity contribution is -0.385. The largest absolute Gasteiger partial charge is 0.502 e. The van der Waals surface area contributed by atoms with E-state index in [1.165, 1.54) is 25.3 Å². The summed E-state index contributed by atoms with van der Waals surface area (Å²) in [7, 11) is 1.25. The number of ketones is 1. The number of rotatable bonds is 4. The molecule has 8 nitrogen and oxygen atoms in total. The van der Waals surface area contributed by atoms with Gasteiger partial charge in [0.25, 0.3) is 0 Å². The Balaban J connectivity index is 1.88. The molecule has 3 atom stereocenters. The van der Waals surface area contributed by atoms with Crippen LogP contribution in [0.4, 0.5) is 5.69 Å². The fourth-order valence-corrected chi connectivity index (χ4v) is 4.61. The van der Waals surface area contributed by atoms with E-state index >= 15 is 0 Å². The maximum absolute atomic E-state index is 13.4. The number of hydrogen-bond donors (Lipinski definition) is 2. The number of allylic oxidation sites excluding steroid dienone is 3. The Bertz CT molecular complexity index is 1170. The number of nitro groups is 1. The number of phenolic OH excluding ortho intramolecular Hbond substituents is 1. The Morgan fingerprint density at radius 1 is 1.16 bits per heavy atom. The predicted molar refractivity (Wildman–Crippen MR) is 116 cm³/mol. The standard InChI is InChI=1S/C24H22N2O6/c1-13-21(24(29)32-2)22(15-8-9-19(27)18(11-15)26(30)31)23-17(25-13)10-16(12-20(23)28)14-6-4-3-5-7-14/h3-11,16,22-23,25,27H,12H2,1-2H3. The molecule has 0 aromatic heterocycles. The smallest absolute Gasteiger partial charge is 0.336 e. The molecule has 2 aliphatic rings. The van der Waals surface area contributed by atoms with Gasteiger partial charge in [-0.1, -0.05) is 42.5 Å². The van der Waals surface area contributed by atoms with Crippen LogP contribution >= 0.6 is 0 Å². The molecule has 1 aliphatic carbocycles. The Morgan fingerprint density at radius 3 is 2.53 bits per heavy atom. The zero-order valence-corrected chi connectivity index (χ0v) is 17.6. The summed E-state index contributed by atoms with van der Waals surface area (Å²) < 4.78 is 4.97. The van der Waals surface area contributed by atoms with E-state index in [4.69, 9.17) is 4.74 Å². The molecule has 0 saturated carbocycles. The van der Waals surface area contributed by atoms with E-state index in [0.717, 1.165) is 5.56 Å². The zero-order chi connectivity index (χ0) is 23.0. The maximum atomic E-state index is 13.4. The summed E-state index contributed by atoms with van der Waals surface area (Å²) in [6.45, 7) is 1.71. The molecule has 2 aromatic rings. The van der Waals surface area contributed by atoms with Gasteiger partial charge < -0.3 is 15.2 Å². The summed E-state index contributed by atoms with van der Waals surface area (Å²) in [6.07, 6.45) is 2.23. The molecule has 164 valence electrons. The first-order valence-corrected chi connectivity index (χ1v) is 10.1. The minimum absolute atomic E-state index is 0.0847. The summed E-state index contributed by atoms with van der Waals surface area (Å²) in [6, 6.07) is 13.6. The average Bonchev–Trinajstić information content (AvgIpc) is 2.78. The molecule has 0 amide bonds. The molecule has 0 saturated heterocycles. The van der Waals surface area contributed by atoms with Crippen molar-refractivity contribution in [1.82, 2.24) is 5.32 Å². The summed E-state index contributed by atoms with van der Waals surface area (Å²) in [5, 5.41) is 24.5. The van der Waals surface area contributed by atoms with E-state index in [1.807, 2.05) is 36.4 Å². The van der Waals surface area contributed by atoms with Crippen molar-refractivity contribution < 1.29 is 24.4 Å². The SMILES string of the molecule is COC(=O)C1=C(C)NC2=CC(c3ccccc3)CC(=O)C2C1c1ccc(O)c([N+](=O)[O-])c1. The van der Waals surface area contributed by atoms with Crippen LogP contribution in [0.1, 0.15) is 36.3 Å². The summed E-state index contributed by atoms with van der Waals surface area (Å²) >= 11 is 0. The van der Waals surface area contributed by atoms with Crippen molar-refractivity contribution in [2.45, 2.75) is 25.2 Å². The molecule has 4 rings (SSSR count). The number of carbonyl (C=O) groups is 2. The van der Waals surface area contributed by atoms with Crippen molar-refractivity contribution in [2.75, 3.05) is 7.11 Å². The average molecular weight is 434 g/mol. The Morgan fingerprint density at radius 2 is 1.88 bits per heavy atom. The number of phenols is 1. The van der Waals surface area contributed by atoms with E-state index in [9.17, 15) is 24.8 Å². The van der Waals surface area contributed by atoms with E-state index in [0.29, 0.717) is 17.0 Å². The quantitative estimate of drug-likeness (QED) is 0.428. The third-order valence-corrected chi connectivity index (χ3v) is 6.05. The highest BCUT2D eigenvalue weighted by Crippen LogP contribution is 2.47. The van der Waals surface area contributed by atoms with Crippen LogP contribution in [0.2, 0.25) is 0 Å². The molecular formula is C24H22N2O6. The zero-order valence-electron chi connectivity index (χ0n) is 17.6. The van der Waals surface area contributed by atoms with Crippen LogP contribution < -0.4 is 5.32 Å². The van der Waals surface area contributed by atoms with Gasteiger partial charge in [-0.3, -0.25) is 14.9 Å². The second-order valence-electron chi connectivity index (χ2n) is 7.93. The molecule has 1 aliphatic heterocycles. The van der Waals surface area contributed by atoms with Crippen LogP contribution in [0.5, 0.6) is 5.75 Å². The number of nitrogens with one attached hydrogen (secondary N) is 1. The second-order valence-corrected chi connectivity index (χ2v) is 7.93. The molecule has 8 heteroatoms. The van der Waals surface area contributed by atoms with Crippen molar-refractivity contribution in [3.63, 3.8) is 0 Å². The normalized spacial score (nSPS) is 22.5. The molecule has 0 spiro atoms. The van der Waals surface area contributed by atoms with Crippen molar-refractivity contribution in [3.05, 3.63) is 92.8 Å². The lowest BCUT2D eigenvalue weighted by Gasteiger charge is -2.39. The number of nitro benzene ring substituents is 1. The van der Waals surface area contributed by atoms with Crippen molar-refractivity contribution in [3.8, 4) is 5.75 Å². The lowest BCUT2D eigenvalue weighted by atomic mass is 9.68. The molecular weight excluding hydrogens is 412 g/mol. The van der Waals surface area contributed by atoms with E-state index in [2.05, 4.69) is 5.32 Å². The molecule has 0 fully saturated rings. The summed E-state index contributed by atoms with van der Waals surface area (Å²) in [4.78, 5) is 36.8. The van der Waals surface area contributed by atoms with Gasteiger partial charge in [-0.05, 0) is 24.1 Å². The summed E-state index contributed by atoms with van der Waals surface area (Å²) in [5.41, 5.74) is 2.31. The van der Waals surface area contributed by atoms with Crippen LogP contribution in [0.15, 0.2) is 71.6 Å². The van der Waals surface area contributed by atoms with Gasteiger partial charge in [-0.2, -0.15) is 0 Å². The van der Waals surface area contributed by atoms with Gasteiger partial charge in [-0.25, -0.2) is 4.79 Å². The minimum atomic E-state index is -0.779. The molecule has 1 heterocycles. The number of hydrogen-bond acceptors (Lipinski definition) is 7. The number of aromatic hydroxyl groups is 1. The first-order valence-electron chi connectivity index (χ1n) is 10.1. The van der Waals surface area contributed by atoms with E-state index in [1.54, 1.807) is 6.92 Å². The molecule has 2 N–H and O–H groups in total. The Labute approximate surface area is 184 Å². The van der Waals surface area contributed by atoms with E-state index < -0.39 is 34.2 Å². The summed E-state index contributed by atoms with van der Waals surface area (Å²) in [5.74, 6) is -2.81. The molecule has 3 unspecified atom stereocenters. The number of esters is 1. The highest BCUT2D eigenvalue weighted by atomic mass is 16.6. The number of carbonyl (C=O) groups excluding carboxylic acids is 2. The van der Waals surface area contributed by atoms with Gasteiger partial charge in [0, 0.05) is 35.7 Å². The van der Waals surface area contributed by atoms with Gasteiger partial charge in [-0.15, -0.1) is 0 Å². The predicted octanol–water partition coefficient (Wildman–Crippen LogP) is 3.69. The Kier molecular flexibility index (Phi) is 5.52. The number of benzene rings is 2. The van der Waals surface area contributed by atoms with Crippen molar-refractivity contribution >= 4 is 17.4 Å². The topological polar surface area (TPSA) is 119 Å². The van der Waals surface area contributed by atoms with Crippen molar-refractivity contribution in [2.24, 2.45) is 5.92 Å². The molecule has 0 radical (unpaired) electrons. The van der Waals surface area contributed by atoms with Crippen LogP contribution in [-0.4, -0.2) is 28.9 Å². The van der Waals surface area contributed by atoms with Gasteiger partial charge in [0.2, 0.25) is 0 Å². The first-order chi connectivity index (χ1) is 15.3. The van der Waals surface area contributed by atoms with Crippen molar-refractivity contribution in [1.29, 1.82) is 0 Å². The van der Waals surface area contributed by atoms with Gasteiger partial charge >= 0.3 is 11.7 Å². The molecule has 0 bridgehead atoms. The van der Waals surface area contributed by atoms with Crippen LogP contribution in [-0.2, 0) is 14.3 Å². The van der Waals surface area contributed by atoms with Gasteiger partial charge in [0.15, 0.2) is 5.75 Å². The highest BCUT2D eigenvalue weighted by Gasteiger charge is 2.45. The molecule has 32 heavy (non-hydrogen) atoms. The van der Waals surface area contributed by atoms with Crippen LogP contribution in [0.25, 0.3) is 0 Å². The Hall–Kier alpha value is -3.94. The first kappa shape index (κ1) is 21.3. The number of ether oxygens (including phenoxy) is 1. The third-order valence-electron chi connectivity index (χ3n) is 6.05. The number of Topliss-reactive ketones (excluding diaryl/α,β-unsaturated/α-hetero) is 1. The fraction of sp³-hybridized carbons (Fsp3) is 0.250. The van der Waals surface area contributed by atoms with Gasteiger partial charge in [0.1, 0.15) is 5.78 Å². The fourth-order valence-electron chi connectivity index (χ4n) is 4.61. The van der Waals surface area contributed by atoms with Crippen LogP contribution in [0, 0.1) is 16.0 Å². The third kappa shape index (κ3) is 3.64. The monoisotopic (exact) mass is 434 g/mol. The minimum Gasteiger partial charge on any atom is -0.502 e. The maximum Gasteiger partial charge on any atom is 0.336 e. The number of nitrogens with zero attached hydrogens (tertiary/aromatic N) is 1. The number of methoxy groups -OCH3 is 1. The van der Waals surface area contributed by atoms with Gasteiger partial charge in [0.05, 0.1) is 23.5 Å². The van der Waals surface area contributed by atoms with Crippen LogP contribution in [0.3, 0.4) is 0 Å². The highest BCUT2D eigenvalue weighted by molar-refractivity contribution is 5.96. The molecule has 2 aromatic carbocycles. The number of fused-ring (bicyclic) bond motifs is 1. The lowest BCUT2D eigenvalue weighted by Crippen LogP contribution is -2.41. The second kappa shape index (κ2) is 8.30.